The van der Waals surface area contributed by atoms with Gasteiger partial charge in [-0.2, -0.15) is 4.31 Å². The topological polar surface area (TPSA) is 57.6 Å². The van der Waals surface area contributed by atoms with Gasteiger partial charge in [-0.25, -0.2) is 8.42 Å². The third kappa shape index (κ3) is 2.80. The molecule has 1 aliphatic heterocycles. The zero-order valence-corrected chi connectivity index (χ0v) is 13.0. The van der Waals surface area contributed by atoms with Crippen LogP contribution in [0.25, 0.3) is 0 Å². The van der Waals surface area contributed by atoms with E-state index < -0.39 is 10.0 Å². The van der Waals surface area contributed by atoms with Gasteiger partial charge in [0.25, 0.3) is 0 Å². The SMILES string of the molecule is CC1=CCN(S(=O)(=O)c2cc(CO)cc(C)c2C)CC1. The fourth-order valence-corrected chi connectivity index (χ4v) is 4.10. The van der Waals surface area contributed by atoms with E-state index in [2.05, 4.69) is 0 Å². The maximum absolute atomic E-state index is 12.8. The van der Waals surface area contributed by atoms with Crippen LogP contribution >= 0.6 is 0 Å². The molecule has 0 aliphatic carbocycles. The van der Waals surface area contributed by atoms with E-state index in [0.717, 1.165) is 17.5 Å². The second kappa shape index (κ2) is 5.68. The van der Waals surface area contributed by atoms with Crippen LogP contribution in [0.15, 0.2) is 28.7 Å². The molecule has 0 saturated heterocycles. The minimum Gasteiger partial charge on any atom is -0.392 e. The molecule has 1 heterocycles. The molecule has 0 spiro atoms. The Morgan fingerprint density at radius 2 is 1.95 bits per heavy atom. The summed E-state index contributed by atoms with van der Waals surface area (Å²) in [5.41, 5.74) is 3.51. The van der Waals surface area contributed by atoms with Crippen molar-refractivity contribution in [3.63, 3.8) is 0 Å². The highest BCUT2D eigenvalue weighted by Gasteiger charge is 2.27. The third-order valence-corrected chi connectivity index (χ3v) is 5.87. The van der Waals surface area contributed by atoms with E-state index in [1.54, 1.807) is 6.07 Å². The molecular weight excluding hydrogens is 274 g/mol. The van der Waals surface area contributed by atoms with E-state index in [9.17, 15) is 13.5 Å². The first-order valence-electron chi connectivity index (χ1n) is 6.73. The highest BCUT2D eigenvalue weighted by atomic mass is 32.2. The van der Waals surface area contributed by atoms with Crippen molar-refractivity contribution in [2.75, 3.05) is 13.1 Å². The van der Waals surface area contributed by atoms with Gasteiger partial charge < -0.3 is 5.11 Å². The quantitative estimate of drug-likeness (QED) is 0.869. The van der Waals surface area contributed by atoms with Crippen molar-refractivity contribution in [1.82, 2.24) is 4.31 Å². The number of aliphatic hydroxyl groups excluding tert-OH is 1. The lowest BCUT2D eigenvalue weighted by molar-refractivity contribution is 0.281. The van der Waals surface area contributed by atoms with Gasteiger partial charge in [0.15, 0.2) is 0 Å². The number of sulfonamides is 1. The summed E-state index contributed by atoms with van der Waals surface area (Å²) >= 11 is 0. The van der Waals surface area contributed by atoms with Crippen LogP contribution < -0.4 is 0 Å². The first kappa shape index (κ1) is 15.2. The lowest BCUT2D eigenvalue weighted by atomic mass is 10.1. The molecule has 0 fully saturated rings. The highest BCUT2D eigenvalue weighted by molar-refractivity contribution is 7.89. The van der Waals surface area contributed by atoms with E-state index in [1.807, 2.05) is 32.9 Å². The summed E-state index contributed by atoms with van der Waals surface area (Å²) in [5.74, 6) is 0. The molecule has 110 valence electrons. The predicted molar refractivity (Wildman–Crippen MR) is 79.0 cm³/mol. The molecule has 5 heteroatoms. The van der Waals surface area contributed by atoms with Crippen molar-refractivity contribution in [1.29, 1.82) is 0 Å². The standard InChI is InChI=1S/C15H21NO3S/c1-11-4-6-16(7-5-11)20(18,19)15-9-14(10-17)8-12(2)13(15)3/h4,8-9,17H,5-7,10H2,1-3H3. The van der Waals surface area contributed by atoms with Gasteiger partial charge in [-0.15, -0.1) is 0 Å². The summed E-state index contributed by atoms with van der Waals surface area (Å²) in [4.78, 5) is 0.314. The summed E-state index contributed by atoms with van der Waals surface area (Å²) in [7, 11) is -3.49. The number of benzene rings is 1. The van der Waals surface area contributed by atoms with E-state index in [-0.39, 0.29) is 6.61 Å². The lowest BCUT2D eigenvalue weighted by Crippen LogP contribution is -2.35. The minimum atomic E-state index is -3.49. The lowest BCUT2D eigenvalue weighted by Gasteiger charge is -2.26. The molecule has 2 rings (SSSR count). The second-order valence-corrected chi connectivity index (χ2v) is 7.26. The van der Waals surface area contributed by atoms with Crippen molar-refractivity contribution in [2.45, 2.75) is 38.7 Å². The molecule has 0 radical (unpaired) electrons. The van der Waals surface area contributed by atoms with E-state index >= 15 is 0 Å². The van der Waals surface area contributed by atoms with Crippen LogP contribution in [0.1, 0.15) is 30.0 Å². The number of aryl methyl sites for hydroxylation is 1. The molecular formula is C15H21NO3S. The second-order valence-electron chi connectivity index (χ2n) is 5.36. The van der Waals surface area contributed by atoms with Crippen LogP contribution in [-0.4, -0.2) is 30.9 Å². The summed E-state index contributed by atoms with van der Waals surface area (Å²) in [6, 6.07) is 3.41. The van der Waals surface area contributed by atoms with E-state index in [4.69, 9.17) is 0 Å². The summed E-state index contributed by atoms with van der Waals surface area (Å²) < 4.78 is 27.0. The Bertz CT molecular complexity index is 647. The number of rotatable bonds is 3. The van der Waals surface area contributed by atoms with Crippen LogP contribution in [0.3, 0.4) is 0 Å². The molecule has 1 aromatic rings. The van der Waals surface area contributed by atoms with E-state index in [0.29, 0.717) is 23.5 Å². The van der Waals surface area contributed by atoms with Crippen molar-refractivity contribution >= 4 is 10.0 Å². The fraction of sp³-hybridized carbons (Fsp3) is 0.467. The fourth-order valence-electron chi connectivity index (χ4n) is 2.37. The molecule has 20 heavy (non-hydrogen) atoms. The average molecular weight is 295 g/mol. The molecule has 0 bridgehead atoms. The summed E-state index contributed by atoms with van der Waals surface area (Å²) in [6.45, 7) is 6.50. The molecule has 4 nitrogen and oxygen atoms in total. The maximum Gasteiger partial charge on any atom is 0.243 e. The molecule has 0 aromatic heterocycles. The Labute approximate surface area is 120 Å². The van der Waals surface area contributed by atoms with Gasteiger partial charge in [0.05, 0.1) is 11.5 Å². The molecule has 1 N–H and O–H groups in total. The predicted octanol–water partition coefficient (Wildman–Crippen LogP) is 2.14. The number of aliphatic hydroxyl groups is 1. The number of hydrogen-bond donors (Lipinski definition) is 1. The third-order valence-electron chi connectivity index (χ3n) is 3.88. The van der Waals surface area contributed by atoms with Gasteiger partial charge in [-0.1, -0.05) is 17.7 Å². The maximum atomic E-state index is 12.8. The number of hydrogen-bond acceptors (Lipinski definition) is 3. The smallest absolute Gasteiger partial charge is 0.243 e. The molecule has 1 aliphatic rings. The molecule has 0 atom stereocenters. The van der Waals surface area contributed by atoms with Gasteiger partial charge >= 0.3 is 0 Å². The normalized spacial score (nSPS) is 17.1. The van der Waals surface area contributed by atoms with Gasteiger partial charge in [0.1, 0.15) is 0 Å². The first-order chi connectivity index (χ1) is 9.36. The minimum absolute atomic E-state index is 0.150. The van der Waals surface area contributed by atoms with Gasteiger partial charge in [0, 0.05) is 13.1 Å². The van der Waals surface area contributed by atoms with Crippen molar-refractivity contribution < 1.29 is 13.5 Å². The first-order valence-corrected chi connectivity index (χ1v) is 8.17. The van der Waals surface area contributed by atoms with Crippen LogP contribution in [0.4, 0.5) is 0 Å². The van der Waals surface area contributed by atoms with Gasteiger partial charge in [-0.05, 0) is 49.9 Å². The number of nitrogens with zero attached hydrogens (tertiary/aromatic N) is 1. The van der Waals surface area contributed by atoms with Crippen molar-refractivity contribution in [3.05, 3.63) is 40.5 Å². The highest BCUT2D eigenvalue weighted by Crippen LogP contribution is 2.26. The van der Waals surface area contributed by atoms with Gasteiger partial charge in [0.2, 0.25) is 10.0 Å². The molecule has 0 unspecified atom stereocenters. The Balaban J connectivity index is 2.47. The van der Waals surface area contributed by atoms with Crippen LogP contribution in [-0.2, 0) is 16.6 Å². The average Bonchev–Trinajstić information content (AvgIpc) is 2.42. The van der Waals surface area contributed by atoms with Crippen molar-refractivity contribution in [2.24, 2.45) is 0 Å². The van der Waals surface area contributed by atoms with Crippen LogP contribution in [0.5, 0.6) is 0 Å². The zero-order chi connectivity index (χ0) is 14.9. The van der Waals surface area contributed by atoms with Crippen LogP contribution in [0, 0.1) is 13.8 Å². The molecule has 1 aromatic carbocycles. The largest absolute Gasteiger partial charge is 0.392 e. The Morgan fingerprint density at radius 1 is 1.25 bits per heavy atom. The van der Waals surface area contributed by atoms with Gasteiger partial charge in [-0.3, -0.25) is 0 Å². The summed E-state index contributed by atoms with van der Waals surface area (Å²) in [5, 5.41) is 9.27. The van der Waals surface area contributed by atoms with Crippen LogP contribution in [0.2, 0.25) is 0 Å². The Hall–Kier alpha value is -1.17. The van der Waals surface area contributed by atoms with E-state index in [1.165, 1.54) is 9.88 Å². The summed E-state index contributed by atoms with van der Waals surface area (Å²) in [6.07, 6.45) is 2.73. The zero-order valence-electron chi connectivity index (χ0n) is 12.2. The monoisotopic (exact) mass is 295 g/mol. The molecule has 0 saturated carbocycles. The van der Waals surface area contributed by atoms with Crippen molar-refractivity contribution in [3.8, 4) is 0 Å². The Kier molecular flexibility index (Phi) is 4.32. The Morgan fingerprint density at radius 3 is 2.50 bits per heavy atom. The molecule has 0 amide bonds.